The molecule has 0 saturated carbocycles. The van der Waals surface area contributed by atoms with E-state index in [1.807, 2.05) is 5.32 Å². The maximum absolute atomic E-state index is 12.1. The van der Waals surface area contributed by atoms with Crippen molar-refractivity contribution in [2.45, 2.75) is 31.0 Å². The summed E-state index contributed by atoms with van der Waals surface area (Å²) in [6.07, 6.45) is -0.543. The molecule has 0 aliphatic carbocycles. The lowest BCUT2D eigenvalue weighted by molar-refractivity contribution is -0.144. The Morgan fingerprint density at radius 1 is 1.00 bits per heavy atom. The first-order valence-corrected chi connectivity index (χ1v) is 7.90. The average molecular weight is 382 g/mol. The molecule has 0 spiro atoms. The third-order valence-electron chi connectivity index (χ3n) is 3.56. The van der Waals surface area contributed by atoms with Gasteiger partial charge in [0.05, 0.1) is 19.1 Å². The second-order valence-corrected chi connectivity index (χ2v) is 5.79. The number of aliphatic hydroxyl groups excluding tert-OH is 1. The number of aromatic hydroxyl groups is 1. The van der Waals surface area contributed by atoms with Gasteiger partial charge in [-0.1, -0.05) is 12.1 Å². The van der Waals surface area contributed by atoms with E-state index in [0.717, 1.165) is 0 Å². The van der Waals surface area contributed by atoms with Gasteiger partial charge in [-0.05, 0) is 24.1 Å². The molecule has 11 nitrogen and oxygen atoms in total. The summed E-state index contributed by atoms with van der Waals surface area (Å²) >= 11 is 0. The van der Waals surface area contributed by atoms with Crippen LogP contribution < -0.4 is 22.1 Å². The molecule has 0 aliphatic heterocycles. The van der Waals surface area contributed by atoms with Gasteiger partial charge in [0.25, 0.3) is 0 Å². The van der Waals surface area contributed by atoms with Crippen molar-refractivity contribution < 1.29 is 34.5 Å². The molecular weight excluding hydrogens is 360 g/mol. The highest BCUT2D eigenvalue weighted by Gasteiger charge is 2.28. The number of primary amides is 1. The number of nitrogens with two attached hydrogens (primary N) is 2. The molecule has 148 valence electrons. The fourth-order valence-electron chi connectivity index (χ4n) is 2.13. The topological polar surface area (TPSA) is 205 Å². The van der Waals surface area contributed by atoms with Crippen LogP contribution in [0.2, 0.25) is 0 Å². The van der Waals surface area contributed by atoms with Crippen LogP contribution in [-0.2, 0) is 25.6 Å². The van der Waals surface area contributed by atoms with Crippen LogP contribution in [0.1, 0.15) is 12.0 Å². The second kappa shape index (κ2) is 10.1. The van der Waals surface area contributed by atoms with E-state index in [1.165, 1.54) is 12.1 Å². The molecule has 0 aliphatic rings. The van der Waals surface area contributed by atoms with E-state index in [-0.39, 0.29) is 12.2 Å². The number of benzene rings is 1. The summed E-state index contributed by atoms with van der Waals surface area (Å²) < 4.78 is 0. The van der Waals surface area contributed by atoms with Gasteiger partial charge in [-0.15, -0.1) is 0 Å². The maximum Gasteiger partial charge on any atom is 0.326 e. The lowest BCUT2D eigenvalue weighted by atomic mass is 10.1. The smallest absolute Gasteiger partial charge is 0.326 e. The molecule has 0 fully saturated rings. The molecule has 9 N–H and O–H groups in total. The number of carbonyl (C=O) groups excluding carboxylic acids is 3. The number of phenolic OH excluding ortho intramolecular Hbond substituents is 1. The zero-order chi connectivity index (χ0) is 20.6. The molecule has 3 atom stereocenters. The van der Waals surface area contributed by atoms with Crippen LogP contribution in [0.3, 0.4) is 0 Å². The molecule has 0 bridgehead atoms. The van der Waals surface area contributed by atoms with Crippen molar-refractivity contribution in [2.24, 2.45) is 11.5 Å². The van der Waals surface area contributed by atoms with Gasteiger partial charge in [0.2, 0.25) is 17.7 Å². The van der Waals surface area contributed by atoms with Crippen molar-refractivity contribution in [3.8, 4) is 5.75 Å². The molecule has 3 unspecified atom stereocenters. The van der Waals surface area contributed by atoms with Crippen LogP contribution in [0.15, 0.2) is 24.3 Å². The van der Waals surface area contributed by atoms with Crippen LogP contribution in [0.25, 0.3) is 0 Å². The first-order valence-electron chi connectivity index (χ1n) is 7.90. The zero-order valence-corrected chi connectivity index (χ0v) is 14.3. The van der Waals surface area contributed by atoms with Gasteiger partial charge in [0, 0.05) is 0 Å². The summed E-state index contributed by atoms with van der Waals surface area (Å²) in [4.78, 5) is 46.1. The summed E-state index contributed by atoms with van der Waals surface area (Å²) in [7, 11) is 0. The zero-order valence-electron chi connectivity index (χ0n) is 14.3. The fourth-order valence-corrected chi connectivity index (χ4v) is 2.13. The Hall–Kier alpha value is -3.18. The molecule has 3 amide bonds. The van der Waals surface area contributed by atoms with Gasteiger partial charge in [-0.2, -0.15) is 0 Å². The summed E-state index contributed by atoms with van der Waals surface area (Å²) in [5.74, 6) is -4.13. The Kier molecular flexibility index (Phi) is 8.17. The summed E-state index contributed by atoms with van der Waals surface area (Å²) in [6.45, 7) is -0.813. The first-order chi connectivity index (χ1) is 12.6. The van der Waals surface area contributed by atoms with Crippen LogP contribution in [0.5, 0.6) is 5.75 Å². The summed E-state index contributed by atoms with van der Waals surface area (Å²) in [5, 5.41) is 31.7. The molecular formula is C16H22N4O7. The quantitative estimate of drug-likeness (QED) is 0.224. The average Bonchev–Trinajstić information content (AvgIpc) is 2.60. The van der Waals surface area contributed by atoms with Crippen LogP contribution in [0.4, 0.5) is 0 Å². The normalized spacial score (nSPS) is 13.9. The van der Waals surface area contributed by atoms with Gasteiger partial charge >= 0.3 is 5.97 Å². The minimum atomic E-state index is -1.59. The molecule has 0 aromatic heterocycles. The van der Waals surface area contributed by atoms with Gasteiger partial charge in [0.1, 0.15) is 17.8 Å². The number of carbonyl (C=O) groups is 4. The molecule has 1 rings (SSSR count). The van der Waals surface area contributed by atoms with Crippen LogP contribution in [0, 0.1) is 0 Å². The van der Waals surface area contributed by atoms with E-state index >= 15 is 0 Å². The Morgan fingerprint density at radius 3 is 2.04 bits per heavy atom. The Balaban J connectivity index is 2.67. The minimum Gasteiger partial charge on any atom is -0.508 e. The number of rotatable bonds is 10. The van der Waals surface area contributed by atoms with Crippen molar-refractivity contribution in [2.75, 3.05) is 6.61 Å². The van der Waals surface area contributed by atoms with Gasteiger partial charge in [-0.3, -0.25) is 14.4 Å². The Bertz CT molecular complexity index is 693. The largest absolute Gasteiger partial charge is 0.508 e. The monoisotopic (exact) mass is 382 g/mol. The SMILES string of the molecule is NC(=O)CC(NC(=O)C(CO)NC(=O)C(N)Cc1ccc(O)cc1)C(=O)O. The van der Waals surface area contributed by atoms with E-state index in [9.17, 15) is 29.4 Å². The summed E-state index contributed by atoms with van der Waals surface area (Å²) in [6, 6.07) is 1.88. The van der Waals surface area contributed by atoms with E-state index in [4.69, 9.17) is 16.6 Å². The number of carboxylic acids is 1. The molecule has 0 saturated heterocycles. The third kappa shape index (κ3) is 7.30. The molecule has 11 heteroatoms. The highest BCUT2D eigenvalue weighted by Crippen LogP contribution is 2.11. The number of nitrogens with one attached hydrogen (secondary N) is 2. The van der Waals surface area contributed by atoms with Gasteiger partial charge in [0.15, 0.2) is 0 Å². The highest BCUT2D eigenvalue weighted by atomic mass is 16.4. The number of phenols is 1. The molecule has 1 aromatic carbocycles. The maximum atomic E-state index is 12.1. The van der Waals surface area contributed by atoms with Crippen molar-refractivity contribution in [1.29, 1.82) is 0 Å². The number of aliphatic hydroxyl groups is 1. The van der Waals surface area contributed by atoms with Crippen molar-refractivity contribution >= 4 is 23.7 Å². The fraction of sp³-hybridized carbons (Fsp3) is 0.375. The first kappa shape index (κ1) is 21.9. The number of amides is 3. The lowest BCUT2D eigenvalue weighted by Crippen LogP contribution is -2.56. The molecule has 0 radical (unpaired) electrons. The van der Waals surface area contributed by atoms with Crippen molar-refractivity contribution in [3.63, 3.8) is 0 Å². The van der Waals surface area contributed by atoms with E-state index < -0.39 is 54.8 Å². The van der Waals surface area contributed by atoms with E-state index in [1.54, 1.807) is 12.1 Å². The van der Waals surface area contributed by atoms with Gasteiger partial charge in [-0.25, -0.2) is 4.79 Å². The van der Waals surface area contributed by atoms with E-state index in [2.05, 4.69) is 5.32 Å². The number of hydrogen-bond acceptors (Lipinski definition) is 7. The minimum absolute atomic E-state index is 0.0535. The molecule has 1 aromatic rings. The second-order valence-electron chi connectivity index (χ2n) is 5.79. The van der Waals surface area contributed by atoms with Crippen molar-refractivity contribution in [1.82, 2.24) is 10.6 Å². The number of aliphatic carboxylic acids is 1. The van der Waals surface area contributed by atoms with Gasteiger partial charge < -0.3 is 37.4 Å². The standard InChI is InChI=1S/C16H22N4O7/c17-10(5-8-1-3-9(22)4-2-8)14(24)20-12(7-21)15(25)19-11(16(26)27)6-13(18)23/h1-4,10-12,21-22H,5-7,17H2,(H2,18,23)(H,19,25)(H,20,24)(H,26,27). The lowest BCUT2D eigenvalue weighted by Gasteiger charge is -2.21. The van der Waals surface area contributed by atoms with Crippen molar-refractivity contribution in [3.05, 3.63) is 29.8 Å². The summed E-state index contributed by atoms with van der Waals surface area (Å²) in [5.41, 5.74) is 11.3. The highest BCUT2D eigenvalue weighted by molar-refractivity contribution is 5.93. The molecule has 27 heavy (non-hydrogen) atoms. The molecule has 0 heterocycles. The van der Waals surface area contributed by atoms with E-state index in [0.29, 0.717) is 5.56 Å². The Morgan fingerprint density at radius 2 is 1.56 bits per heavy atom. The third-order valence-corrected chi connectivity index (χ3v) is 3.56. The van der Waals surface area contributed by atoms with Crippen LogP contribution in [-0.4, -0.2) is 63.7 Å². The predicted molar refractivity (Wildman–Crippen MR) is 92.2 cm³/mol. The Labute approximate surface area is 154 Å². The number of hydrogen-bond donors (Lipinski definition) is 7. The number of carboxylic acid groups (broad SMARTS) is 1. The van der Waals surface area contributed by atoms with Crippen LogP contribution >= 0.6 is 0 Å². The predicted octanol–water partition coefficient (Wildman–Crippen LogP) is -2.82.